The first-order valence-corrected chi connectivity index (χ1v) is 7.23. The number of carbonyl (C=O) groups is 1. The van der Waals surface area contributed by atoms with E-state index in [4.69, 9.17) is 5.73 Å². The van der Waals surface area contributed by atoms with Gasteiger partial charge in [0.15, 0.2) is 0 Å². The first-order valence-electron chi connectivity index (χ1n) is 7.23. The molecule has 0 radical (unpaired) electrons. The molecule has 3 heteroatoms. The van der Waals surface area contributed by atoms with E-state index in [1.165, 1.54) is 5.56 Å². The monoisotopic (exact) mass is 260 g/mol. The molecule has 1 aromatic carbocycles. The molecule has 1 saturated heterocycles. The number of rotatable bonds is 4. The molecule has 1 aliphatic rings. The van der Waals surface area contributed by atoms with Crippen molar-refractivity contribution >= 4 is 5.91 Å². The summed E-state index contributed by atoms with van der Waals surface area (Å²) in [6, 6.07) is 10.5. The number of hydrogen-bond acceptors (Lipinski definition) is 2. The summed E-state index contributed by atoms with van der Waals surface area (Å²) >= 11 is 0. The van der Waals surface area contributed by atoms with E-state index in [2.05, 4.69) is 31.2 Å². The van der Waals surface area contributed by atoms with Gasteiger partial charge < -0.3 is 10.6 Å². The summed E-state index contributed by atoms with van der Waals surface area (Å²) in [6.07, 6.45) is 2.84. The Kier molecular flexibility index (Phi) is 4.59. The SMILES string of the molecule is CC[C@H](N)C(=O)N1CC[C@H](Cc2ccccc2)[C@@H]1C. The number of benzene rings is 1. The van der Waals surface area contributed by atoms with Crippen molar-refractivity contribution < 1.29 is 4.79 Å². The zero-order valence-corrected chi connectivity index (χ0v) is 11.9. The first-order chi connectivity index (χ1) is 9.13. The Balaban J connectivity index is 1.98. The second-order valence-electron chi connectivity index (χ2n) is 5.53. The highest BCUT2D eigenvalue weighted by molar-refractivity contribution is 5.82. The standard InChI is InChI=1S/C16H24N2O/c1-3-15(17)16(19)18-10-9-14(12(18)2)11-13-7-5-4-6-8-13/h4-8,12,14-15H,3,9-11,17H2,1-2H3/t12-,14+,15-/m0/s1. The third kappa shape index (κ3) is 3.16. The maximum Gasteiger partial charge on any atom is 0.239 e. The number of hydrogen-bond donors (Lipinski definition) is 1. The molecule has 104 valence electrons. The summed E-state index contributed by atoms with van der Waals surface area (Å²) in [5, 5.41) is 0. The first kappa shape index (κ1) is 14.1. The molecule has 3 atom stereocenters. The van der Waals surface area contributed by atoms with Crippen LogP contribution in [0.4, 0.5) is 0 Å². The number of amides is 1. The Labute approximate surface area is 115 Å². The van der Waals surface area contributed by atoms with Crippen LogP contribution in [0.2, 0.25) is 0 Å². The minimum Gasteiger partial charge on any atom is -0.338 e. The Bertz CT molecular complexity index is 418. The zero-order chi connectivity index (χ0) is 13.8. The van der Waals surface area contributed by atoms with Crippen LogP contribution in [0.15, 0.2) is 30.3 Å². The van der Waals surface area contributed by atoms with Gasteiger partial charge in [-0.05, 0) is 37.7 Å². The molecule has 0 bridgehead atoms. The van der Waals surface area contributed by atoms with Gasteiger partial charge in [0, 0.05) is 12.6 Å². The molecule has 1 aromatic rings. The molecule has 0 aliphatic carbocycles. The highest BCUT2D eigenvalue weighted by atomic mass is 16.2. The second-order valence-corrected chi connectivity index (χ2v) is 5.53. The molecule has 19 heavy (non-hydrogen) atoms. The van der Waals surface area contributed by atoms with Crippen LogP contribution in [0.3, 0.4) is 0 Å². The minimum atomic E-state index is -0.335. The summed E-state index contributed by atoms with van der Waals surface area (Å²) in [6.45, 7) is 4.97. The number of nitrogens with zero attached hydrogens (tertiary/aromatic N) is 1. The Hall–Kier alpha value is -1.35. The molecule has 1 amide bonds. The quantitative estimate of drug-likeness (QED) is 0.902. The normalized spacial score (nSPS) is 24.5. The fourth-order valence-corrected chi connectivity index (χ4v) is 2.89. The minimum absolute atomic E-state index is 0.116. The summed E-state index contributed by atoms with van der Waals surface area (Å²) in [7, 11) is 0. The van der Waals surface area contributed by atoms with Crippen molar-refractivity contribution in [1.82, 2.24) is 4.90 Å². The van der Waals surface area contributed by atoms with E-state index in [0.717, 1.165) is 19.4 Å². The van der Waals surface area contributed by atoms with Crippen molar-refractivity contribution in [1.29, 1.82) is 0 Å². The van der Waals surface area contributed by atoms with E-state index < -0.39 is 0 Å². The third-order valence-electron chi connectivity index (χ3n) is 4.30. The summed E-state index contributed by atoms with van der Waals surface area (Å²) < 4.78 is 0. The van der Waals surface area contributed by atoms with Crippen LogP contribution >= 0.6 is 0 Å². The summed E-state index contributed by atoms with van der Waals surface area (Å²) in [4.78, 5) is 14.2. The zero-order valence-electron chi connectivity index (χ0n) is 11.9. The third-order valence-corrected chi connectivity index (χ3v) is 4.30. The van der Waals surface area contributed by atoms with Gasteiger partial charge in [0.2, 0.25) is 5.91 Å². The fourth-order valence-electron chi connectivity index (χ4n) is 2.89. The molecule has 2 rings (SSSR count). The molecule has 1 fully saturated rings. The Morgan fingerprint density at radius 2 is 2.11 bits per heavy atom. The molecule has 2 N–H and O–H groups in total. The van der Waals surface area contributed by atoms with Gasteiger partial charge in [-0.15, -0.1) is 0 Å². The number of nitrogens with two attached hydrogens (primary N) is 1. The van der Waals surface area contributed by atoms with E-state index in [1.807, 2.05) is 17.9 Å². The molecule has 3 nitrogen and oxygen atoms in total. The maximum atomic E-state index is 12.2. The molecule has 0 saturated carbocycles. The van der Waals surface area contributed by atoms with E-state index >= 15 is 0 Å². The Morgan fingerprint density at radius 1 is 1.42 bits per heavy atom. The number of carbonyl (C=O) groups excluding carboxylic acids is 1. The van der Waals surface area contributed by atoms with Crippen molar-refractivity contribution in [2.45, 2.75) is 45.2 Å². The average Bonchev–Trinajstić information content (AvgIpc) is 2.80. The van der Waals surface area contributed by atoms with Crippen molar-refractivity contribution in [3.8, 4) is 0 Å². The largest absolute Gasteiger partial charge is 0.338 e. The van der Waals surface area contributed by atoms with Crippen LogP contribution in [0.5, 0.6) is 0 Å². The lowest BCUT2D eigenvalue weighted by molar-refractivity contribution is -0.133. The molecule has 1 heterocycles. The fraction of sp³-hybridized carbons (Fsp3) is 0.562. The molecular weight excluding hydrogens is 236 g/mol. The van der Waals surface area contributed by atoms with Gasteiger partial charge in [0.1, 0.15) is 0 Å². The van der Waals surface area contributed by atoms with Crippen LogP contribution < -0.4 is 5.73 Å². The van der Waals surface area contributed by atoms with Gasteiger partial charge in [-0.25, -0.2) is 0 Å². The average molecular weight is 260 g/mol. The summed E-state index contributed by atoms with van der Waals surface area (Å²) in [5.74, 6) is 0.668. The van der Waals surface area contributed by atoms with Crippen molar-refractivity contribution in [2.24, 2.45) is 11.7 Å². The summed E-state index contributed by atoms with van der Waals surface area (Å²) in [5.41, 5.74) is 7.22. The molecule has 1 aliphatic heterocycles. The van der Waals surface area contributed by atoms with Crippen LogP contribution in [0.25, 0.3) is 0 Å². The lowest BCUT2D eigenvalue weighted by Gasteiger charge is -2.27. The molecule has 0 unspecified atom stereocenters. The van der Waals surface area contributed by atoms with Crippen LogP contribution in [0.1, 0.15) is 32.3 Å². The lowest BCUT2D eigenvalue weighted by atomic mass is 9.93. The van der Waals surface area contributed by atoms with E-state index in [1.54, 1.807) is 0 Å². The maximum absolute atomic E-state index is 12.2. The van der Waals surface area contributed by atoms with E-state index in [0.29, 0.717) is 18.4 Å². The van der Waals surface area contributed by atoms with Gasteiger partial charge in [-0.2, -0.15) is 0 Å². The molecular formula is C16H24N2O. The van der Waals surface area contributed by atoms with Gasteiger partial charge in [-0.1, -0.05) is 37.3 Å². The van der Waals surface area contributed by atoms with Gasteiger partial charge >= 0.3 is 0 Å². The van der Waals surface area contributed by atoms with E-state index in [-0.39, 0.29) is 11.9 Å². The highest BCUT2D eigenvalue weighted by Gasteiger charge is 2.35. The van der Waals surface area contributed by atoms with Gasteiger partial charge in [0.05, 0.1) is 6.04 Å². The highest BCUT2D eigenvalue weighted by Crippen LogP contribution is 2.28. The van der Waals surface area contributed by atoms with Gasteiger partial charge in [-0.3, -0.25) is 4.79 Å². The number of likely N-dealkylation sites (tertiary alicyclic amines) is 1. The van der Waals surface area contributed by atoms with E-state index in [9.17, 15) is 4.79 Å². The van der Waals surface area contributed by atoms with Gasteiger partial charge in [0.25, 0.3) is 0 Å². The molecule has 0 spiro atoms. The molecule has 0 aromatic heterocycles. The van der Waals surface area contributed by atoms with Crippen molar-refractivity contribution in [2.75, 3.05) is 6.54 Å². The van der Waals surface area contributed by atoms with Crippen LogP contribution in [-0.4, -0.2) is 29.4 Å². The van der Waals surface area contributed by atoms with Crippen molar-refractivity contribution in [3.05, 3.63) is 35.9 Å². The topological polar surface area (TPSA) is 46.3 Å². The smallest absolute Gasteiger partial charge is 0.239 e. The predicted octanol–water partition coefficient (Wildman–Crippen LogP) is 2.20. The van der Waals surface area contributed by atoms with Crippen LogP contribution in [-0.2, 0) is 11.2 Å². The lowest BCUT2D eigenvalue weighted by Crippen LogP contribution is -2.45. The van der Waals surface area contributed by atoms with Crippen LogP contribution in [0, 0.1) is 5.92 Å². The Morgan fingerprint density at radius 3 is 2.74 bits per heavy atom. The van der Waals surface area contributed by atoms with Crippen molar-refractivity contribution in [3.63, 3.8) is 0 Å². The predicted molar refractivity (Wildman–Crippen MR) is 77.7 cm³/mol. The second kappa shape index (κ2) is 6.20.